The van der Waals surface area contributed by atoms with Crippen LogP contribution in [0, 0.1) is 5.92 Å². The van der Waals surface area contributed by atoms with E-state index in [0.717, 1.165) is 43.1 Å². The number of carbonyl (C=O) groups excluding carboxylic acids is 1. The SMILES string of the molecule is COc1ccc(OC)c(N2CCC(C(N)=O)CC2)c1. The molecule has 5 nitrogen and oxygen atoms in total. The molecule has 1 heterocycles. The van der Waals surface area contributed by atoms with Gasteiger partial charge in [-0.25, -0.2) is 0 Å². The summed E-state index contributed by atoms with van der Waals surface area (Å²) in [6.07, 6.45) is 1.57. The number of hydrogen-bond acceptors (Lipinski definition) is 4. The van der Waals surface area contributed by atoms with Gasteiger partial charge < -0.3 is 20.1 Å². The van der Waals surface area contributed by atoms with Crippen LogP contribution < -0.4 is 20.1 Å². The van der Waals surface area contributed by atoms with E-state index in [1.54, 1.807) is 14.2 Å². The summed E-state index contributed by atoms with van der Waals surface area (Å²) in [5.74, 6) is 1.41. The maximum atomic E-state index is 11.2. The van der Waals surface area contributed by atoms with E-state index >= 15 is 0 Å². The lowest BCUT2D eigenvalue weighted by atomic mass is 9.96. The van der Waals surface area contributed by atoms with Crippen LogP contribution in [-0.4, -0.2) is 33.2 Å². The molecule has 0 atom stereocenters. The minimum Gasteiger partial charge on any atom is -0.497 e. The van der Waals surface area contributed by atoms with Gasteiger partial charge in [0, 0.05) is 25.1 Å². The highest BCUT2D eigenvalue weighted by Gasteiger charge is 2.24. The molecule has 0 aromatic heterocycles. The summed E-state index contributed by atoms with van der Waals surface area (Å²) in [6, 6.07) is 5.73. The van der Waals surface area contributed by atoms with E-state index in [2.05, 4.69) is 4.90 Å². The van der Waals surface area contributed by atoms with Crippen LogP contribution in [-0.2, 0) is 4.79 Å². The molecule has 2 rings (SSSR count). The highest BCUT2D eigenvalue weighted by molar-refractivity contribution is 5.77. The second-order valence-corrected chi connectivity index (χ2v) is 4.70. The fraction of sp³-hybridized carbons (Fsp3) is 0.500. The van der Waals surface area contributed by atoms with Crippen molar-refractivity contribution in [1.29, 1.82) is 0 Å². The number of nitrogens with two attached hydrogens (primary N) is 1. The third-order valence-corrected chi connectivity index (χ3v) is 3.62. The molecule has 0 aliphatic carbocycles. The normalized spacial score (nSPS) is 16.2. The molecule has 1 aromatic carbocycles. The van der Waals surface area contributed by atoms with Crippen molar-refractivity contribution in [3.8, 4) is 11.5 Å². The fourth-order valence-electron chi connectivity index (χ4n) is 2.45. The van der Waals surface area contributed by atoms with Crippen LogP contribution in [0.4, 0.5) is 5.69 Å². The molecule has 0 bridgehead atoms. The number of ether oxygens (including phenoxy) is 2. The number of benzene rings is 1. The van der Waals surface area contributed by atoms with Crippen LogP contribution in [0.5, 0.6) is 11.5 Å². The number of amides is 1. The summed E-state index contributed by atoms with van der Waals surface area (Å²) in [5.41, 5.74) is 6.36. The van der Waals surface area contributed by atoms with E-state index in [1.807, 2.05) is 18.2 Å². The quantitative estimate of drug-likeness (QED) is 0.893. The van der Waals surface area contributed by atoms with Gasteiger partial charge in [0.2, 0.25) is 5.91 Å². The van der Waals surface area contributed by atoms with Gasteiger partial charge in [-0.1, -0.05) is 0 Å². The Morgan fingerprint density at radius 3 is 2.47 bits per heavy atom. The van der Waals surface area contributed by atoms with Crippen molar-refractivity contribution < 1.29 is 14.3 Å². The van der Waals surface area contributed by atoms with E-state index in [9.17, 15) is 4.79 Å². The Kier molecular flexibility index (Phi) is 4.14. The Morgan fingerprint density at radius 2 is 1.95 bits per heavy atom. The number of anilines is 1. The molecule has 1 aromatic rings. The first-order chi connectivity index (χ1) is 9.15. The first-order valence-electron chi connectivity index (χ1n) is 6.42. The number of carbonyl (C=O) groups is 1. The molecule has 0 radical (unpaired) electrons. The number of piperidine rings is 1. The van der Waals surface area contributed by atoms with Crippen LogP contribution in [0.3, 0.4) is 0 Å². The summed E-state index contributed by atoms with van der Waals surface area (Å²) in [5, 5.41) is 0. The third kappa shape index (κ3) is 2.92. The van der Waals surface area contributed by atoms with Crippen molar-refractivity contribution in [1.82, 2.24) is 0 Å². The number of rotatable bonds is 4. The largest absolute Gasteiger partial charge is 0.497 e. The Balaban J connectivity index is 2.16. The Morgan fingerprint density at radius 1 is 1.26 bits per heavy atom. The highest BCUT2D eigenvalue weighted by Crippen LogP contribution is 2.34. The van der Waals surface area contributed by atoms with Gasteiger partial charge in [0.25, 0.3) is 0 Å². The molecule has 5 heteroatoms. The van der Waals surface area contributed by atoms with Crippen molar-refractivity contribution in [3.63, 3.8) is 0 Å². The Hall–Kier alpha value is -1.91. The van der Waals surface area contributed by atoms with Crippen molar-refractivity contribution in [2.75, 3.05) is 32.2 Å². The predicted octanol–water partition coefficient (Wildman–Crippen LogP) is 1.41. The molecule has 1 amide bonds. The number of methoxy groups -OCH3 is 2. The zero-order valence-corrected chi connectivity index (χ0v) is 11.4. The average molecular weight is 264 g/mol. The van der Waals surface area contributed by atoms with Gasteiger partial charge in [-0.2, -0.15) is 0 Å². The maximum absolute atomic E-state index is 11.2. The van der Waals surface area contributed by atoms with Gasteiger partial charge in [-0.05, 0) is 25.0 Å². The zero-order valence-electron chi connectivity index (χ0n) is 11.4. The van der Waals surface area contributed by atoms with Gasteiger partial charge in [0.05, 0.1) is 19.9 Å². The van der Waals surface area contributed by atoms with Crippen molar-refractivity contribution in [2.24, 2.45) is 11.7 Å². The monoisotopic (exact) mass is 264 g/mol. The van der Waals surface area contributed by atoms with Gasteiger partial charge in [0.1, 0.15) is 11.5 Å². The smallest absolute Gasteiger partial charge is 0.220 e. The zero-order chi connectivity index (χ0) is 13.8. The summed E-state index contributed by atoms with van der Waals surface area (Å²) in [7, 11) is 3.30. The van der Waals surface area contributed by atoms with Crippen LogP contribution >= 0.6 is 0 Å². The first-order valence-corrected chi connectivity index (χ1v) is 6.42. The highest BCUT2D eigenvalue weighted by atomic mass is 16.5. The maximum Gasteiger partial charge on any atom is 0.220 e. The lowest BCUT2D eigenvalue weighted by Gasteiger charge is -2.33. The second-order valence-electron chi connectivity index (χ2n) is 4.70. The Labute approximate surface area is 113 Å². The molecule has 0 spiro atoms. The van der Waals surface area contributed by atoms with Gasteiger partial charge in [0.15, 0.2) is 0 Å². The number of hydrogen-bond donors (Lipinski definition) is 1. The first kappa shape index (κ1) is 13.5. The van der Waals surface area contributed by atoms with E-state index in [1.165, 1.54) is 0 Å². The Bertz CT molecular complexity index is 454. The molecular weight excluding hydrogens is 244 g/mol. The molecule has 2 N–H and O–H groups in total. The third-order valence-electron chi connectivity index (χ3n) is 3.62. The standard InChI is InChI=1S/C14H20N2O3/c1-18-11-3-4-13(19-2)12(9-11)16-7-5-10(6-8-16)14(15)17/h3-4,9-10H,5-8H2,1-2H3,(H2,15,17). The van der Waals surface area contributed by atoms with Crippen LogP contribution in [0.15, 0.2) is 18.2 Å². The molecule has 1 fully saturated rings. The fourth-order valence-corrected chi connectivity index (χ4v) is 2.45. The van der Waals surface area contributed by atoms with Crippen LogP contribution in [0.2, 0.25) is 0 Å². The average Bonchev–Trinajstić information content (AvgIpc) is 2.46. The van der Waals surface area contributed by atoms with Crippen LogP contribution in [0.1, 0.15) is 12.8 Å². The molecule has 0 saturated carbocycles. The molecule has 19 heavy (non-hydrogen) atoms. The second kappa shape index (κ2) is 5.82. The van der Waals surface area contributed by atoms with E-state index < -0.39 is 0 Å². The van der Waals surface area contributed by atoms with E-state index in [-0.39, 0.29) is 11.8 Å². The molecule has 1 aliphatic heterocycles. The van der Waals surface area contributed by atoms with Crippen molar-refractivity contribution in [2.45, 2.75) is 12.8 Å². The van der Waals surface area contributed by atoms with Gasteiger partial charge in [-0.3, -0.25) is 4.79 Å². The molecule has 1 saturated heterocycles. The summed E-state index contributed by atoms with van der Waals surface area (Å²) >= 11 is 0. The topological polar surface area (TPSA) is 64.8 Å². The lowest BCUT2D eigenvalue weighted by molar-refractivity contribution is -0.122. The molecule has 0 unspecified atom stereocenters. The van der Waals surface area contributed by atoms with E-state index in [4.69, 9.17) is 15.2 Å². The van der Waals surface area contributed by atoms with E-state index in [0.29, 0.717) is 0 Å². The van der Waals surface area contributed by atoms with Gasteiger partial charge in [-0.15, -0.1) is 0 Å². The minimum absolute atomic E-state index is 0.00662. The van der Waals surface area contributed by atoms with Crippen molar-refractivity contribution in [3.05, 3.63) is 18.2 Å². The number of primary amides is 1. The summed E-state index contributed by atoms with van der Waals surface area (Å²) in [4.78, 5) is 13.4. The number of nitrogens with zero attached hydrogens (tertiary/aromatic N) is 1. The lowest BCUT2D eigenvalue weighted by Crippen LogP contribution is -2.38. The van der Waals surface area contributed by atoms with Gasteiger partial charge >= 0.3 is 0 Å². The molecule has 1 aliphatic rings. The summed E-state index contributed by atoms with van der Waals surface area (Å²) < 4.78 is 10.6. The van der Waals surface area contributed by atoms with Crippen LogP contribution in [0.25, 0.3) is 0 Å². The van der Waals surface area contributed by atoms with Crippen molar-refractivity contribution >= 4 is 11.6 Å². The molecule has 104 valence electrons. The predicted molar refractivity (Wildman–Crippen MR) is 73.7 cm³/mol. The summed E-state index contributed by atoms with van der Waals surface area (Å²) in [6.45, 7) is 1.61. The molecular formula is C14H20N2O3. The minimum atomic E-state index is -0.197.